The molecule has 2 N–H and O–H groups in total. The monoisotopic (exact) mass is 365 g/mol. The Labute approximate surface area is 155 Å². The summed E-state index contributed by atoms with van der Waals surface area (Å²) < 4.78 is 5.10. The van der Waals surface area contributed by atoms with Crippen LogP contribution in [-0.2, 0) is 17.8 Å². The van der Waals surface area contributed by atoms with Gasteiger partial charge in [0.05, 0.1) is 7.11 Å². The zero-order valence-corrected chi connectivity index (χ0v) is 14.8. The minimum atomic E-state index is -0.349. The van der Waals surface area contributed by atoms with E-state index in [0.717, 1.165) is 11.1 Å². The maximum atomic E-state index is 12.2. The number of benzene rings is 1. The Kier molecular flexibility index (Phi) is 5.88. The van der Waals surface area contributed by atoms with E-state index < -0.39 is 0 Å². The Morgan fingerprint density at radius 2 is 1.85 bits per heavy atom. The number of amides is 1. The molecule has 27 heavy (non-hydrogen) atoms. The summed E-state index contributed by atoms with van der Waals surface area (Å²) in [5.74, 6) is 0.921. The summed E-state index contributed by atoms with van der Waals surface area (Å²) in [6.45, 7) is 0.416. The number of nitrogens with zero attached hydrogens (tertiary/aromatic N) is 3. The predicted molar refractivity (Wildman–Crippen MR) is 99.0 cm³/mol. The van der Waals surface area contributed by atoms with Crippen molar-refractivity contribution < 1.29 is 9.53 Å². The van der Waals surface area contributed by atoms with Crippen LogP contribution in [0.4, 0.5) is 0 Å². The molecule has 2 heterocycles. The fourth-order valence-corrected chi connectivity index (χ4v) is 2.42. The highest BCUT2D eigenvalue weighted by atomic mass is 16.5. The van der Waals surface area contributed by atoms with Crippen LogP contribution in [0.3, 0.4) is 0 Å². The molecule has 0 aliphatic rings. The molecule has 8 heteroatoms. The second kappa shape index (κ2) is 8.70. The number of nitrogens with one attached hydrogen (secondary N) is 2. The number of ether oxygens (including phenoxy) is 1. The molecule has 0 unspecified atom stereocenters. The molecule has 0 fully saturated rings. The minimum Gasteiger partial charge on any atom is -0.497 e. The summed E-state index contributed by atoms with van der Waals surface area (Å²) in [5.41, 5.74) is 1.56. The van der Waals surface area contributed by atoms with Gasteiger partial charge in [0.15, 0.2) is 5.82 Å². The Bertz CT molecular complexity index is 955. The van der Waals surface area contributed by atoms with Gasteiger partial charge in [-0.05, 0) is 42.0 Å². The Morgan fingerprint density at radius 3 is 2.52 bits per heavy atom. The van der Waals surface area contributed by atoms with Crippen LogP contribution in [0.1, 0.15) is 17.7 Å². The number of pyridine rings is 1. The van der Waals surface area contributed by atoms with Crippen molar-refractivity contribution in [2.24, 2.45) is 0 Å². The van der Waals surface area contributed by atoms with Gasteiger partial charge in [-0.15, -0.1) is 10.2 Å². The van der Waals surface area contributed by atoms with Gasteiger partial charge in [0.25, 0.3) is 5.56 Å². The Balaban J connectivity index is 1.57. The van der Waals surface area contributed by atoms with Gasteiger partial charge in [0.2, 0.25) is 5.91 Å². The van der Waals surface area contributed by atoms with E-state index in [0.29, 0.717) is 18.1 Å². The predicted octanol–water partition coefficient (Wildman–Crippen LogP) is 1.48. The average Bonchev–Trinajstić information content (AvgIpc) is 2.72. The lowest BCUT2D eigenvalue weighted by molar-refractivity contribution is -0.121. The first-order valence-electron chi connectivity index (χ1n) is 8.41. The number of carbonyl (C=O) groups is 1. The van der Waals surface area contributed by atoms with E-state index in [1.165, 1.54) is 0 Å². The van der Waals surface area contributed by atoms with Crippen LogP contribution in [0.25, 0.3) is 11.4 Å². The van der Waals surface area contributed by atoms with Crippen molar-refractivity contribution in [3.8, 4) is 17.1 Å². The van der Waals surface area contributed by atoms with E-state index in [9.17, 15) is 9.59 Å². The first-order chi connectivity index (χ1) is 13.2. The third-order valence-electron chi connectivity index (χ3n) is 3.96. The van der Waals surface area contributed by atoms with Crippen LogP contribution in [0.5, 0.6) is 5.75 Å². The topological polar surface area (TPSA) is 110 Å². The van der Waals surface area contributed by atoms with Gasteiger partial charge in [-0.2, -0.15) is 0 Å². The molecule has 0 spiro atoms. The second-order valence-corrected chi connectivity index (χ2v) is 5.81. The maximum Gasteiger partial charge on any atom is 0.273 e. The van der Waals surface area contributed by atoms with E-state index in [2.05, 4.69) is 25.5 Å². The summed E-state index contributed by atoms with van der Waals surface area (Å²) in [5, 5.41) is 10.8. The van der Waals surface area contributed by atoms with Crippen LogP contribution in [0.2, 0.25) is 0 Å². The zero-order chi connectivity index (χ0) is 19.1. The van der Waals surface area contributed by atoms with Gasteiger partial charge in [0.1, 0.15) is 11.4 Å². The normalized spacial score (nSPS) is 10.4. The van der Waals surface area contributed by atoms with Crippen molar-refractivity contribution >= 4 is 5.91 Å². The number of hydrogen-bond donors (Lipinski definition) is 2. The van der Waals surface area contributed by atoms with Crippen LogP contribution < -0.4 is 15.6 Å². The van der Waals surface area contributed by atoms with Gasteiger partial charge in [-0.25, -0.2) is 0 Å². The van der Waals surface area contributed by atoms with Crippen LogP contribution in [0, 0.1) is 0 Å². The lowest BCUT2D eigenvalue weighted by Crippen LogP contribution is -2.25. The molecule has 8 nitrogen and oxygen atoms in total. The lowest BCUT2D eigenvalue weighted by atomic mass is 10.2. The Hall–Kier alpha value is -3.55. The highest BCUT2D eigenvalue weighted by Gasteiger charge is 2.09. The third-order valence-corrected chi connectivity index (χ3v) is 3.96. The zero-order valence-electron chi connectivity index (χ0n) is 14.8. The van der Waals surface area contributed by atoms with Crippen LogP contribution in [0.15, 0.2) is 53.6 Å². The Morgan fingerprint density at radius 1 is 1.11 bits per heavy atom. The number of carbonyl (C=O) groups excluding carboxylic acids is 1. The minimum absolute atomic E-state index is 0.157. The number of aryl methyl sites for hydroxylation is 1. The molecule has 1 aromatic carbocycles. The summed E-state index contributed by atoms with van der Waals surface area (Å²) in [6, 6.07) is 10.8. The van der Waals surface area contributed by atoms with Gasteiger partial charge in [0, 0.05) is 37.3 Å². The molecule has 0 aliphatic carbocycles. The van der Waals surface area contributed by atoms with E-state index >= 15 is 0 Å². The first kappa shape index (κ1) is 18.2. The third kappa shape index (κ3) is 4.97. The van der Waals surface area contributed by atoms with Gasteiger partial charge >= 0.3 is 0 Å². The first-order valence-corrected chi connectivity index (χ1v) is 8.41. The average molecular weight is 365 g/mol. The fraction of sp³-hybridized carbons (Fsp3) is 0.211. The van der Waals surface area contributed by atoms with Crippen molar-refractivity contribution in [2.45, 2.75) is 19.4 Å². The second-order valence-electron chi connectivity index (χ2n) is 5.81. The molecular formula is C19H19N5O3. The largest absolute Gasteiger partial charge is 0.497 e. The van der Waals surface area contributed by atoms with Crippen molar-refractivity contribution in [1.29, 1.82) is 0 Å². The molecule has 1 amide bonds. The standard InChI is InChI=1S/C19H19N5O3/c1-27-15-4-2-14(3-5-15)18-22-19(26)16(23-24-18)6-7-17(25)21-12-13-8-10-20-11-9-13/h2-5,8-11H,6-7,12H2,1H3,(H,21,25)(H,22,24,26). The SMILES string of the molecule is COc1ccc(-c2nnc(CCC(=O)NCc3ccncc3)c(=O)[nH]2)cc1. The smallest absolute Gasteiger partial charge is 0.273 e. The van der Waals surface area contributed by atoms with Crippen molar-refractivity contribution in [3.63, 3.8) is 0 Å². The number of rotatable bonds is 7. The van der Waals surface area contributed by atoms with E-state index in [1.807, 2.05) is 12.1 Å². The van der Waals surface area contributed by atoms with Gasteiger partial charge in [-0.1, -0.05) is 0 Å². The van der Waals surface area contributed by atoms with Crippen molar-refractivity contribution in [1.82, 2.24) is 25.5 Å². The molecule has 0 saturated heterocycles. The summed E-state index contributed by atoms with van der Waals surface area (Å²) >= 11 is 0. The molecule has 138 valence electrons. The van der Waals surface area contributed by atoms with Crippen molar-refractivity contribution in [2.75, 3.05) is 7.11 Å². The highest BCUT2D eigenvalue weighted by Crippen LogP contribution is 2.17. The summed E-state index contributed by atoms with van der Waals surface area (Å²) in [7, 11) is 1.58. The number of methoxy groups -OCH3 is 1. The summed E-state index contributed by atoms with van der Waals surface area (Å²) in [4.78, 5) is 30.8. The number of H-pyrrole nitrogens is 1. The van der Waals surface area contributed by atoms with E-state index in [-0.39, 0.29) is 30.0 Å². The molecule has 0 saturated carbocycles. The number of hydrogen-bond acceptors (Lipinski definition) is 6. The number of aromatic nitrogens is 4. The molecule has 2 aromatic heterocycles. The molecule has 0 radical (unpaired) electrons. The molecule has 3 aromatic rings. The van der Waals surface area contributed by atoms with Crippen LogP contribution >= 0.6 is 0 Å². The van der Waals surface area contributed by atoms with E-state index in [1.54, 1.807) is 43.8 Å². The van der Waals surface area contributed by atoms with E-state index in [4.69, 9.17) is 4.74 Å². The molecule has 3 rings (SSSR count). The quantitative estimate of drug-likeness (QED) is 0.656. The summed E-state index contributed by atoms with van der Waals surface area (Å²) in [6.07, 6.45) is 3.71. The molecule has 0 atom stereocenters. The van der Waals surface area contributed by atoms with Gasteiger partial charge < -0.3 is 15.0 Å². The molecule has 0 aliphatic heterocycles. The van der Waals surface area contributed by atoms with Gasteiger partial charge in [-0.3, -0.25) is 14.6 Å². The van der Waals surface area contributed by atoms with Crippen molar-refractivity contribution in [3.05, 3.63) is 70.4 Å². The van der Waals surface area contributed by atoms with Crippen LogP contribution in [-0.4, -0.2) is 33.2 Å². The highest BCUT2D eigenvalue weighted by molar-refractivity contribution is 5.76. The molecular weight excluding hydrogens is 346 g/mol. The number of aromatic amines is 1. The fourth-order valence-electron chi connectivity index (χ4n) is 2.42. The lowest BCUT2D eigenvalue weighted by Gasteiger charge is -2.05. The molecule has 0 bridgehead atoms. The maximum absolute atomic E-state index is 12.2.